The fraction of sp³-hybridized carbons (Fsp3) is 0.294. The van der Waals surface area contributed by atoms with Crippen molar-refractivity contribution in [2.45, 2.75) is 10.1 Å². The highest BCUT2D eigenvalue weighted by molar-refractivity contribution is 7.92. The van der Waals surface area contributed by atoms with Crippen molar-refractivity contribution in [2.24, 2.45) is 0 Å². The average molecular weight is 400 g/mol. The summed E-state index contributed by atoms with van der Waals surface area (Å²) in [4.78, 5) is 1.79. The number of nitrogens with zero attached hydrogens (tertiary/aromatic N) is 1. The molecule has 9 heteroatoms. The van der Waals surface area contributed by atoms with Crippen molar-refractivity contribution in [3.63, 3.8) is 0 Å². The number of benzene rings is 2. The molecule has 1 N–H and O–H groups in total. The molecule has 0 fully saturated rings. The molecule has 2 aromatic rings. The van der Waals surface area contributed by atoms with E-state index >= 15 is 0 Å². The van der Waals surface area contributed by atoms with E-state index in [1.54, 1.807) is 24.3 Å². The summed E-state index contributed by atoms with van der Waals surface area (Å²) in [7, 11) is -3.81. The molecule has 0 saturated heterocycles. The summed E-state index contributed by atoms with van der Waals surface area (Å²) < 4.78 is 64.3. The number of halogens is 1. The van der Waals surface area contributed by atoms with Crippen LogP contribution in [0.3, 0.4) is 0 Å². The molecule has 0 unspecified atom stereocenters. The number of anilines is 1. The summed E-state index contributed by atoms with van der Waals surface area (Å²) in [6.07, 6.45) is 0.962. The van der Waals surface area contributed by atoms with Gasteiger partial charge in [0.15, 0.2) is 9.84 Å². The molecule has 0 bridgehead atoms. The number of hydrogen-bond donors (Lipinski definition) is 1. The Morgan fingerprint density at radius 1 is 0.962 bits per heavy atom. The second kappa shape index (κ2) is 7.73. The molecule has 2 rings (SSSR count). The molecule has 0 aromatic heterocycles. The summed E-state index contributed by atoms with van der Waals surface area (Å²) in [5.41, 5.74) is 1.32. The van der Waals surface area contributed by atoms with Crippen molar-refractivity contribution in [3.05, 3.63) is 59.9 Å². The summed E-state index contributed by atoms with van der Waals surface area (Å²) in [5, 5.41) is -1.14. The van der Waals surface area contributed by atoms with Crippen molar-refractivity contribution in [1.82, 2.24) is 4.72 Å². The Labute approximate surface area is 153 Å². The van der Waals surface area contributed by atoms with Gasteiger partial charge in [-0.15, -0.1) is 0 Å². The second-order valence-corrected chi connectivity index (χ2v) is 10.1. The topological polar surface area (TPSA) is 83.6 Å². The Hall–Kier alpha value is -1.97. The highest BCUT2D eigenvalue weighted by Crippen LogP contribution is 2.30. The van der Waals surface area contributed by atoms with Gasteiger partial charge in [0.05, 0.1) is 11.2 Å². The van der Waals surface area contributed by atoms with Crippen LogP contribution in [-0.2, 0) is 19.9 Å². The van der Waals surface area contributed by atoms with Gasteiger partial charge in [-0.25, -0.2) is 25.9 Å². The van der Waals surface area contributed by atoms with E-state index in [2.05, 4.69) is 4.72 Å². The normalized spacial score (nSPS) is 13.4. The largest absolute Gasteiger partial charge is 0.378 e. The van der Waals surface area contributed by atoms with Crippen LogP contribution in [0.5, 0.6) is 0 Å². The lowest BCUT2D eigenvalue weighted by Crippen LogP contribution is -2.31. The summed E-state index contributed by atoms with van der Waals surface area (Å²) >= 11 is 0. The summed E-state index contributed by atoms with van der Waals surface area (Å²) in [6.45, 7) is -0.320. The molecule has 6 nitrogen and oxygen atoms in total. The molecule has 142 valence electrons. The van der Waals surface area contributed by atoms with Crippen LogP contribution < -0.4 is 9.62 Å². The van der Waals surface area contributed by atoms with E-state index in [0.717, 1.165) is 24.1 Å². The molecule has 0 amide bonds. The summed E-state index contributed by atoms with van der Waals surface area (Å²) in [5.74, 6) is -0.551. The van der Waals surface area contributed by atoms with Crippen LogP contribution >= 0.6 is 0 Å². The van der Waals surface area contributed by atoms with Crippen LogP contribution in [0.4, 0.5) is 10.1 Å². The van der Waals surface area contributed by atoms with Crippen LogP contribution in [0.25, 0.3) is 0 Å². The van der Waals surface area contributed by atoms with Crippen LogP contribution in [0.15, 0.2) is 53.4 Å². The van der Waals surface area contributed by atoms with Crippen molar-refractivity contribution < 1.29 is 21.2 Å². The van der Waals surface area contributed by atoms with E-state index < -0.39 is 30.9 Å². The molecule has 2 aromatic carbocycles. The molecule has 0 spiro atoms. The molecule has 0 heterocycles. The first-order valence-electron chi connectivity index (χ1n) is 7.72. The van der Waals surface area contributed by atoms with Crippen molar-refractivity contribution >= 4 is 25.5 Å². The smallest absolute Gasteiger partial charge is 0.208 e. The quantitative estimate of drug-likeness (QED) is 0.719. The van der Waals surface area contributed by atoms with Crippen LogP contribution in [0, 0.1) is 5.82 Å². The third-order valence-corrected chi connectivity index (χ3v) is 6.64. The first kappa shape index (κ1) is 20.3. The molecule has 26 heavy (non-hydrogen) atoms. The van der Waals surface area contributed by atoms with E-state index in [4.69, 9.17) is 0 Å². The zero-order valence-electron chi connectivity index (χ0n) is 14.7. The summed E-state index contributed by atoms with van der Waals surface area (Å²) in [6, 6.07) is 11.3. The Kier molecular flexibility index (Phi) is 6.05. The van der Waals surface area contributed by atoms with Gasteiger partial charge in [0.1, 0.15) is 11.1 Å². The molecule has 0 aliphatic heterocycles. The van der Waals surface area contributed by atoms with E-state index in [1.165, 1.54) is 12.1 Å². The zero-order valence-corrected chi connectivity index (χ0v) is 16.3. The SMILES string of the molecule is CN(C)c1ccc([C@H](CNS(C)(=O)=O)S(=O)(=O)c2ccc(F)cc2)cc1. The number of hydrogen-bond acceptors (Lipinski definition) is 5. The van der Waals surface area contributed by atoms with Gasteiger partial charge < -0.3 is 4.90 Å². The first-order valence-corrected chi connectivity index (χ1v) is 11.2. The number of sulfonamides is 1. The molecule has 0 radical (unpaired) electrons. The van der Waals surface area contributed by atoms with Gasteiger partial charge in [0, 0.05) is 26.3 Å². The minimum absolute atomic E-state index is 0.0733. The zero-order chi connectivity index (χ0) is 19.5. The second-order valence-electron chi connectivity index (χ2n) is 6.09. The predicted molar refractivity (Wildman–Crippen MR) is 99.9 cm³/mol. The van der Waals surface area contributed by atoms with Gasteiger partial charge in [-0.1, -0.05) is 12.1 Å². The van der Waals surface area contributed by atoms with Crippen molar-refractivity contribution in [3.8, 4) is 0 Å². The Bertz CT molecular complexity index is 955. The third kappa shape index (κ3) is 5.03. The standard InChI is InChI=1S/C17H21FN2O4S2/c1-20(2)15-8-4-13(5-9-15)17(12-19-25(3,21)22)26(23,24)16-10-6-14(18)7-11-16/h4-11,17,19H,12H2,1-3H3/t17-/m0/s1. The lowest BCUT2D eigenvalue weighted by atomic mass is 10.1. The Balaban J connectivity index is 2.47. The van der Waals surface area contributed by atoms with Crippen molar-refractivity contribution in [2.75, 3.05) is 31.8 Å². The van der Waals surface area contributed by atoms with Gasteiger partial charge in [0.2, 0.25) is 10.0 Å². The van der Waals surface area contributed by atoms with Gasteiger partial charge in [-0.2, -0.15) is 0 Å². The van der Waals surface area contributed by atoms with Crippen LogP contribution in [0.1, 0.15) is 10.8 Å². The van der Waals surface area contributed by atoms with E-state index in [-0.39, 0.29) is 11.4 Å². The van der Waals surface area contributed by atoms with E-state index in [9.17, 15) is 21.2 Å². The minimum Gasteiger partial charge on any atom is -0.378 e. The van der Waals surface area contributed by atoms with Gasteiger partial charge >= 0.3 is 0 Å². The van der Waals surface area contributed by atoms with Gasteiger partial charge in [0.25, 0.3) is 0 Å². The number of nitrogens with one attached hydrogen (secondary N) is 1. The van der Waals surface area contributed by atoms with E-state index in [0.29, 0.717) is 5.56 Å². The molecule has 1 atom stereocenters. The average Bonchev–Trinajstić information content (AvgIpc) is 2.54. The van der Waals surface area contributed by atoms with Crippen LogP contribution in [-0.4, -0.2) is 43.7 Å². The van der Waals surface area contributed by atoms with Crippen molar-refractivity contribution in [1.29, 1.82) is 0 Å². The first-order chi connectivity index (χ1) is 12.0. The minimum atomic E-state index is -3.93. The monoisotopic (exact) mass is 400 g/mol. The fourth-order valence-corrected chi connectivity index (χ4v) is 4.65. The van der Waals surface area contributed by atoms with E-state index in [1.807, 2.05) is 19.0 Å². The highest BCUT2D eigenvalue weighted by Gasteiger charge is 2.30. The predicted octanol–water partition coefficient (Wildman–Crippen LogP) is 1.96. The molecule has 0 saturated carbocycles. The molecule has 0 aliphatic rings. The molecular formula is C17H21FN2O4S2. The maximum absolute atomic E-state index is 13.1. The third-order valence-electron chi connectivity index (χ3n) is 3.83. The molecule has 0 aliphatic carbocycles. The maximum atomic E-state index is 13.1. The maximum Gasteiger partial charge on any atom is 0.208 e. The highest BCUT2D eigenvalue weighted by atomic mass is 32.2. The van der Waals surface area contributed by atoms with Gasteiger partial charge in [-0.3, -0.25) is 0 Å². The molecular weight excluding hydrogens is 379 g/mol. The number of sulfone groups is 1. The Morgan fingerprint density at radius 3 is 1.96 bits per heavy atom. The van der Waals surface area contributed by atoms with Crippen LogP contribution in [0.2, 0.25) is 0 Å². The fourth-order valence-electron chi connectivity index (χ4n) is 2.41. The lowest BCUT2D eigenvalue weighted by Gasteiger charge is -2.20. The number of rotatable bonds is 7. The lowest BCUT2D eigenvalue weighted by molar-refractivity contribution is 0.571. The Morgan fingerprint density at radius 2 is 1.50 bits per heavy atom. The van der Waals surface area contributed by atoms with Gasteiger partial charge in [-0.05, 0) is 42.0 Å².